The third-order valence-corrected chi connectivity index (χ3v) is 3.61. The molecule has 1 atom stereocenters. The summed E-state index contributed by atoms with van der Waals surface area (Å²) in [6.45, 7) is 0. The highest BCUT2D eigenvalue weighted by Crippen LogP contribution is 2.26. The van der Waals surface area contributed by atoms with E-state index >= 15 is 0 Å². The lowest BCUT2D eigenvalue weighted by atomic mass is 9.96. The second kappa shape index (κ2) is 5.43. The molecule has 0 aromatic heterocycles. The summed E-state index contributed by atoms with van der Waals surface area (Å²) in [5.41, 5.74) is 1.74. The maximum Gasteiger partial charge on any atom is 0.128 e. The van der Waals surface area contributed by atoms with Gasteiger partial charge < -0.3 is 5.32 Å². The molecule has 0 fully saturated rings. The van der Waals surface area contributed by atoms with E-state index in [0.717, 1.165) is 5.56 Å². The molecule has 1 N–H and O–H groups in total. The Morgan fingerprint density at radius 3 is 2.30 bits per heavy atom. The molecule has 1 nitrogen and oxygen atoms in total. The molecule has 1 unspecified atom stereocenters. The van der Waals surface area contributed by atoms with Crippen molar-refractivity contribution in [3.63, 3.8) is 0 Å². The molecule has 20 heavy (non-hydrogen) atoms. The zero-order valence-corrected chi connectivity index (χ0v) is 11.3. The van der Waals surface area contributed by atoms with Crippen LogP contribution in [0.1, 0.15) is 17.2 Å². The summed E-state index contributed by atoms with van der Waals surface area (Å²) in [7, 11) is 1.85. The van der Waals surface area contributed by atoms with Crippen LogP contribution < -0.4 is 5.32 Å². The Morgan fingerprint density at radius 2 is 1.55 bits per heavy atom. The molecule has 0 aliphatic rings. The van der Waals surface area contributed by atoms with E-state index in [-0.39, 0.29) is 11.9 Å². The Morgan fingerprint density at radius 1 is 0.850 bits per heavy atom. The zero-order valence-electron chi connectivity index (χ0n) is 11.3. The van der Waals surface area contributed by atoms with E-state index in [1.54, 1.807) is 6.07 Å². The van der Waals surface area contributed by atoms with Crippen molar-refractivity contribution in [2.45, 2.75) is 6.04 Å². The van der Waals surface area contributed by atoms with Gasteiger partial charge in [0.05, 0.1) is 6.04 Å². The largest absolute Gasteiger partial charge is 0.309 e. The predicted octanol–water partition coefficient (Wildman–Crippen LogP) is 4.29. The van der Waals surface area contributed by atoms with Crippen molar-refractivity contribution in [1.29, 1.82) is 0 Å². The number of rotatable bonds is 3. The SMILES string of the molecule is CNC(c1ccc2ccccc2c1)c1ccccc1F. The van der Waals surface area contributed by atoms with Crippen LogP contribution in [0.4, 0.5) is 4.39 Å². The molecule has 0 bridgehead atoms. The molecule has 0 saturated heterocycles. The number of nitrogens with one attached hydrogen (secondary N) is 1. The quantitative estimate of drug-likeness (QED) is 0.745. The summed E-state index contributed by atoms with van der Waals surface area (Å²) < 4.78 is 14.0. The van der Waals surface area contributed by atoms with Crippen molar-refractivity contribution in [1.82, 2.24) is 5.32 Å². The summed E-state index contributed by atoms with van der Waals surface area (Å²) in [5, 5.41) is 5.56. The van der Waals surface area contributed by atoms with Crippen molar-refractivity contribution in [2.75, 3.05) is 7.05 Å². The van der Waals surface area contributed by atoms with Crippen molar-refractivity contribution < 1.29 is 4.39 Å². The summed E-state index contributed by atoms with van der Waals surface area (Å²) in [6.07, 6.45) is 0. The third kappa shape index (κ3) is 2.30. The average Bonchev–Trinajstić information content (AvgIpc) is 2.50. The van der Waals surface area contributed by atoms with Crippen molar-refractivity contribution in [2.24, 2.45) is 0 Å². The number of hydrogen-bond acceptors (Lipinski definition) is 1. The second-order valence-electron chi connectivity index (χ2n) is 4.85. The maximum atomic E-state index is 14.0. The topological polar surface area (TPSA) is 12.0 Å². The molecule has 0 aliphatic carbocycles. The van der Waals surface area contributed by atoms with Gasteiger partial charge >= 0.3 is 0 Å². The molecule has 2 heteroatoms. The van der Waals surface area contributed by atoms with Gasteiger partial charge in [-0.3, -0.25) is 0 Å². The van der Waals surface area contributed by atoms with Gasteiger partial charge in [-0.2, -0.15) is 0 Å². The first-order valence-corrected chi connectivity index (χ1v) is 6.70. The van der Waals surface area contributed by atoms with Crippen LogP contribution in [0.3, 0.4) is 0 Å². The maximum absolute atomic E-state index is 14.0. The van der Waals surface area contributed by atoms with Gasteiger partial charge in [-0.25, -0.2) is 4.39 Å². The van der Waals surface area contributed by atoms with Crippen LogP contribution in [0.15, 0.2) is 66.7 Å². The molecule has 100 valence electrons. The smallest absolute Gasteiger partial charge is 0.128 e. The predicted molar refractivity (Wildman–Crippen MR) is 81.3 cm³/mol. The Balaban J connectivity index is 2.10. The molecule has 0 radical (unpaired) electrons. The summed E-state index contributed by atoms with van der Waals surface area (Å²) >= 11 is 0. The average molecular weight is 265 g/mol. The molecule has 3 aromatic rings. The van der Waals surface area contributed by atoms with Crippen molar-refractivity contribution in [3.05, 3.63) is 83.7 Å². The van der Waals surface area contributed by atoms with E-state index in [2.05, 4.69) is 35.6 Å². The van der Waals surface area contributed by atoms with Gasteiger partial charge in [0.25, 0.3) is 0 Å². The van der Waals surface area contributed by atoms with E-state index in [1.807, 2.05) is 31.3 Å². The zero-order chi connectivity index (χ0) is 13.9. The Kier molecular flexibility index (Phi) is 3.48. The monoisotopic (exact) mass is 265 g/mol. The van der Waals surface area contributed by atoms with E-state index in [9.17, 15) is 4.39 Å². The molecule has 0 amide bonds. The van der Waals surface area contributed by atoms with Gasteiger partial charge in [0.15, 0.2) is 0 Å². The fraction of sp³-hybridized carbons (Fsp3) is 0.111. The van der Waals surface area contributed by atoms with Crippen LogP contribution in [-0.4, -0.2) is 7.05 Å². The van der Waals surface area contributed by atoms with Gasteiger partial charge in [0.2, 0.25) is 0 Å². The Hall–Kier alpha value is -2.19. The minimum Gasteiger partial charge on any atom is -0.309 e. The van der Waals surface area contributed by atoms with Gasteiger partial charge in [-0.15, -0.1) is 0 Å². The van der Waals surface area contributed by atoms with Crippen LogP contribution in [0.2, 0.25) is 0 Å². The normalized spacial score (nSPS) is 12.5. The van der Waals surface area contributed by atoms with Crippen molar-refractivity contribution >= 4 is 10.8 Å². The second-order valence-corrected chi connectivity index (χ2v) is 4.85. The van der Waals surface area contributed by atoms with Crippen LogP contribution >= 0.6 is 0 Å². The summed E-state index contributed by atoms with van der Waals surface area (Å²) in [6, 6.07) is 21.2. The van der Waals surface area contributed by atoms with Gasteiger partial charge in [0, 0.05) is 5.56 Å². The highest BCUT2D eigenvalue weighted by Gasteiger charge is 2.15. The van der Waals surface area contributed by atoms with E-state index in [4.69, 9.17) is 0 Å². The van der Waals surface area contributed by atoms with Gasteiger partial charge in [-0.1, -0.05) is 54.6 Å². The Bertz CT molecular complexity index is 736. The van der Waals surface area contributed by atoms with Crippen LogP contribution in [0, 0.1) is 5.82 Å². The molecule has 3 rings (SSSR count). The fourth-order valence-corrected chi connectivity index (χ4v) is 2.60. The highest BCUT2D eigenvalue weighted by molar-refractivity contribution is 5.83. The molecular weight excluding hydrogens is 249 g/mol. The molecule has 0 heterocycles. The molecule has 0 spiro atoms. The van der Waals surface area contributed by atoms with E-state index in [0.29, 0.717) is 5.56 Å². The first kappa shape index (κ1) is 12.8. The third-order valence-electron chi connectivity index (χ3n) is 3.61. The van der Waals surface area contributed by atoms with E-state index < -0.39 is 0 Å². The Labute approximate surface area is 118 Å². The van der Waals surface area contributed by atoms with Gasteiger partial charge in [0.1, 0.15) is 5.82 Å². The molecule has 0 saturated carbocycles. The first-order valence-electron chi connectivity index (χ1n) is 6.70. The van der Waals surface area contributed by atoms with Crippen LogP contribution in [-0.2, 0) is 0 Å². The summed E-state index contributed by atoms with van der Waals surface area (Å²) in [4.78, 5) is 0. The van der Waals surface area contributed by atoms with Crippen LogP contribution in [0.5, 0.6) is 0 Å². The molecule has 3 aromatic carbocycles. The first-order chi connectivity index (χ1) is 9.79. The number of fused-ring (bicyclic) bond motifs is 1. The van der Waals surface area contributed by atoms with Crippen LogP contribution in [0.25, 0.3) is 10.8 Å². The molecule has 0 aliphatic heterocycles. The highest BCUT2D eigenvalue weighted by atomic mass is 19.1. The number of benzene rings is 3. The minimum atomic E-state index is -0.181. The number of hydrogen-bond donors (Lipinski definition) is 1. The van der Waals surface area contributed by atoms with Crippen molar-refractivity contribution in [3.8, 4) is 0 Å². The lowest BCUT2D eigenvalue weighted by Crippen LogP contribution is -2.18. The lowest BCUT2D eigenvalue weighted by Gasteiger charge is -2.18. The fourth-order valence-electron chi connectivity index (χ4n) is 2.60. The minimum absolute atomic E-state index is 0.138. The summed E-state index contributed by atoms with van der Waals surface area (Å²) in [5.74, 6) is -0.181. The number of halogens is 1. The lowest BCUT2D eigenvalue weighted by molar-refractivity contribution is 0.576. The van der Waals surface area contributed by atoms with Gasteiger partial charge in [-0.05, 0) is 35.5 Å². The molecular formula is C18H16FN. The standard InChI is InChI=1S/C18H16FN/c1-20-18(16-8-4-5-9-17(16)19)15-11-10-13-6-2-3-7-14(13)12-15/h2-12,18,20H,1H3. The van der Waals surface area contributed by atoms with E-state index in [1.165, 1.54) is 16.8 Å².